The van der Waals surface area contributed by atoms with Crippen LogP contribution >= 0.6 is 0 Å². The molecule has 24 rings (SSSR count). The Morgan fingerprint density at radius 3 is 1.38 bits per heavy atom. The van der Waals surface area contributed by atoms with Crippen LogP contribution in [0, 0.1) is 61.3 Å². The van der Waals surface area contributed by atoms with Gasteiger partial charge in [0, 0.05) is 46.1 Å². The Labute approximate surface area is 848 Å². The fraction of sp³-hybridized carbons (Fsp3) is 0. The van der Waals surface area contributed by atoms with Gasteiger partial charge in [-0.25, -0.2) is 32.6 Å². The van der Waals surface area contributed by atoms with Crippen LogP contribution in [0.2, 0.25) is 0 Å². The van der Waals surface area contributed by atoms with Crippen molar-refractivity contribution in [1.29, 1.82) is 0 Å². The molecular weight excluding hydrogens is 2240 g/mol. The molecule has 0 saturated heterocycles. The summed E-state index contributed by atoms with van der Waals surface area (Å²) in [5.41, 5.74) is 25.7. The van der Waals surface area contributed by atoms with Gasteiger partial charge in [0.15, 0.2) is 17.3 Å². The number of benzene rings is 15. The van der Waals surface area contributed by atoms with Gasteiger partial charge in [0.2, 0.25) is 0 Å². The van der Waals surface area contributed by atoms with Gasteiger partial charge in [-0.2, -0.15) is 28.2 Å². The average Bonchev–Trinajstić information content (AvgIpc) is 1.58. The molecule has 0 N–H and O–H groups in total. The largest absolute Gasteiger partial charge is 3.00 e. The topological polar surface area (TPSA) is 142 Å². The molecule has 23 aromatic rings. The van der Waals surface area contributed by atoms with E-state index in [-0.39, 0.29) is 67.1 Å². The quantitative estimate of drug-likeness (QED) is 0.0618. The molecule has 0 spiro atoms. The fourth-order valence-electron chi connectivity index (χ4n) is 15.9. The molecule has 16 heteroatoms. The van der Waals surface area contributed by atoms with E-state index in [2.05, 4.69) is 291 Å². The van der Waals surface area contributed by atoms with Crippen LogP contribution in [0.15, 0.2) is 456 Å². The number of fused-ring (bicyclic) bond motifs is 8. The van der Waals surface area contributed by atoms with Gasteiger partial charge in [0.25, 0.3) is 0 Å². The molecule has 9 heterocycles. The third kappa shape index (κ3) is 21.8. The Morgan fingerprint density at radius 2 is 0.812 bits per heavy atom. The molecule has 1 aliphatic heterocycles. The summed E-state index contributed by atoms with van der Waals surface area (Å²) in [7, 11) is 0. The summed E-state index contributed by atoms with van der Waals surface area (Å²) in [6.45, 7) is 5.22. The van der Waals surface area contributed by atoms with Crippen molar-refractivity contribution in [2.45, 2.75) is 0 Å². The van der Waals surface area contributed by atoms with Crippen LogP contribution in [-0.2, 0) is 67.1 Å². The summed E-state index contributed by atoms with van der Waals surface area (Å²) in [4.78, 5) is 34.9. The summed E-state index contributed by atoms with van der Waals surface area (Å²) >= 11 is 0. The van der Waals surface area contributed by atoms with Gasteiger partial charge in [-0.1, -0.05) is 297 Å². The molecule has 8 aromatic heterocycles. The summed E-state index contributed by atoms with van der Waals surface area (Å²) in [5.74, 6) is 13.8. The molecule has 0 fully saturated rings. The standard InChI is InChI=1S/C32H20N4O.2C32H20N4.C10H5.C8H7.C8H5.3Au/c1-2-8-22(9-3-1)23-15-17-24(18-16-23)27-21-34-31(35-27)25-10-6-11-26(20-25)36-28-12-4-5-13-29(28)37-30-14-7-19-33-32(30)36;1-2-8-22(9-3-1)23-15-17-24(18-16-23)29-21-30(35-34-29)25-10-6-11-26(20-25)36-31-14-5-4-12-27(31)28-13-7-19-33-32(28)36;1-2-8-22(9-3-1)23-13-15-24(16-14-23)28-21-34-32(35-28)25-17-18-27-26-10-4-5-11-29(26)36(30(27)20-25)31-12-6-7-19-33-31;1-2-3-7-10-8-5-4-6-9-10;2*1-2-8-6-4-3-5-7-8;;;/h1-19,21H;2*1-19,21H;4-6,8-9H;1-7H;3-7H;;;/q3*-2;3*-1;3*+3. The monoisotopic (exact) mass is 2320 g/mol. The Morgan fingerprint density at radius 1 is 0.355 bits per heavy atom. The van der Waals surface area contributed by atoms with Crippen molar-refractivity contribution < 1.29 is 71.9 Å². The van der Waals surface area contributed by atoms with Crippen molar-refractivity contribution >= 4 is 67.0 Å². The minimum Gasteiger partial charge on any atom is -0.618 e. The number of pyridine rings is 3. The van der Waals surface area contributed by atoms with E-state index in [1.807, 2.05) is 249 Å². The van der Waals surface area contributed by atoms with E-state index in [1.54, 1.807) is 12.3 Å². The Bertz CT molecular complexity index is 8070. The van der Waals surface area contributed by atoms with E-state index in [4.69, 9.17) is 34.1 Å². The van der Waals surface area contributed by atoms with Crippen LogP contribution in [0.4, 0.5) is 17.2 Å². The van der Waals surface area contributed by atoms with E-state index >= 15 is 0 Å². The minimum atomic E-state index is 0. The first kappa shape index (κ1) is 94.4. The Kier molecular flexibility index (Phi) is 31.3. The zero-order valence-electron chi connectivity index (χ0n) is 73.6. The predicted octanol–water partition coefficient (Wildman–Crippen LogP) is 27.9. The molecule has 0 radical (unpaired) electrons. The number of para-hydroxylation sites is 4. The number of nitrogens with zero attached hydrogens (tertiary/aromatic N) is 12. The van der Waals surface area contributed by atoms with Crippen molar-refractivity contribution in [2.24, 2.45) is 0 Å². The second-order valence-corrected chi connectivity index (χ2v) is 30.9. The normalized spacial score (nSPS) is 10.6. The van der Waals surface area contributed by atoms with E-state index in [0.29, 0.717) is 17.4 Å². The van der Waals surface area contributed by atoms with E-state index in [1.165, 1.54) is 44.2 Å². The van der Waals surface area contributed by atoms with E-state index < -0.39 is 0 Å². The maximum Gasteiger partial charge on any atom is 3.00 e. The first-order valence-corrected chi connectivity index (χ1v) is 43.7. The van der Waals surface area contributed by atoms with Crippen LogP contribution in [0.3, 0.4) is 0 Å². The molecule has 13 nitrogen and oxygen atoms in total. The van der Waals surface area contributed by atoms with Crippen LogP contribution in [-0.4, -0.2) is 39.2 Å². The number of hydrogen-bond donors (Lipinski definition) is 0. The summed E-state index contributed by atoms with van der Waals surface area (Å²) in [5, 5.41) is 13.6. The molecule has 0 saturated carbocycles. The summed E-state index contributed by atoms with van der Waals surface area (Å²) in [6.07, 6.45) is 23.9. The molecule has 664 valence electrons. The molecule has 138 heavy (non-hydrogen) atoms. The fourth-order valence-corrected chi connectivity index (χ4v) is 15.9. The molecular formula is C122H77Au3N12O. The zero-order valence-corrected chi connectivity index (χ0v) is 80.1. The van der Waals surface area contributed by atoms with E-state index in [0.717, 1.165) is 140 Å². The average molecular weight is 2320 g/mol. The number of anilines is 3. The second-order valence-electron chi connectivity index (χ2n) is 30.9. The molecule has 0 amide bonds. The van der Waals surface area contributed by atoms with Gasteiger partial charge in [-0.3, -0.25) is 18.4 Å². The molecule has 0 unspecified atom stereocenters. The van der Waals surface area contributed by atoms with Gasteiger partial charge in [0.05, 0.1) is 11.2 Å². The van der Waals surface area contributed by atoms with Crippen LogP contribution < -0.4 is 24.7 Å². The smallest absolute Gasteiger partial charge is 0.618 e. The van der Waals surface area contributed by atoms with E-state index in [9.17, 15) is 0 Å². The van der Waals surface area contributed by atoms with Crippen LogP contribution in [0.5, 0.6) is 11.5 Å². The maximum absolute atomic E-state index is 6.69. The maximum atomic E-state index is 6.69. The van der Waals surface area contributed by atoms with Crippen molar-refractivity contribution in [3.05, 3.63) is 510 Å². The van der Waals surface area contributed by atoms with Crippen molar-refractivity contribution in [3.63, 3.8) is 0 Å². The minimum absolute atomic E-state index is 0. The van der Waals surface area contributed by atoms with Crippen molar-refractivity contribution in [2.75, 3.05) is 4.90 Å². The number of aromatic nitrogens is 11. The van der Waals surface area contributed by atoms with Gasteiger partial charge in [-0.15, -0.1) is 108 Å². The SMILES string of the molecule is [Au+3].[Au+3].[Au+3].[C-]#CC#Cc1ccccc1.[C-]#Cc1ccccc1.[CH-]=Cc1ccccc1.[c-]1c(-c2cc(-c3ccc(-c4ccccc4)cc3)n[n-]2)cccc1-n1c2ccccc2c2cccnc21.[c-]1c(-c2nc(-c3ccc(-c4ccccc4)cc3)c[n-]2)ccc2c3ccccc3n(-c3ccccn3)c12.[c-]1c(-c2nc(-c3ccc(-c4ccccc4)cc3)c[n-]2)cccc1N1c2ccccc2Oc2cccnc21. The third-order valence-electron chi connectivity index (χ3n) is 22.4. The molecule has 0 atom stereocenters. The van der Waals surface area contributed by atoms with Gasteiger partial charge in [0.1, 0.15) is 11.5 Å². The van der Waals surface area contributed by atoms with Gasteiger partial charge in [-0.05, 0) is 157 Å². The first-order chi connectivity index (χ1) is 66.8. The zero-order chi connectivity index (χ0) is 91.3. The molecule has 15 aromatic carbocycles. The van der Waals surface area contributed by atoms with Crippen molar-refractivity contribution in [1.82, 2.24) is 54.2 Å². The molecule has 0 bridgehead atoms. The van der Waals surface area contributed by atoms with Crippen LogP contribution in [0.1, 0.15) is 16.7 Å². The summed E-state index contributed by atoms with van der Waals surface area (Å²) < 4.78 is 10.4. The van der Waals surface area contributed by atoms with Crippen molar-refractivity contribution in [3.8, 4) is 148 Å². The molecule has 1 aliphatic rings. The number of rotatable bonds is 13. The molecule has 0 aliphatic carbocycles. The number of imidazole rings is 2. The Hall–Kier alpha value is -16.8. The predicted molar refractivity (Wildman–Crippen MR) is 543 cm³/mol. The third-order valence-corrected chi connectivity index (χ3v) is 22.4. The van der Waals surface area contributed by atoms with Crippen LogP contribution in [0.25, 0.3) is 163 Å². The second kappa shape index (κ2) is 45.8. The number of ether oxygens (including phenoxy) is 1. The van der Waals surface area contributed by atoms with Gasteiger partial charge >= 0.3 is 67.1 Å². The van der Waals surface area contributed by atoms with Gasteiger partial charge < -0.3 is 61.8 Å². The first-order valence-electron chi connectivity index (χ1n) is 43.7. The summed E-state index contributed by atoms with van der Waals surface area (Å²) in [6, 6.07) is 153. The Balaban J connectivity index is 0.000000131. The number of hydrogen-bond acceptors (Lipinski definition) is 8.